The molecule has 2 aliphatic rings. The highest BCUT2D eigenvalue weighted by Gasteiger charge is 2.39. The number of hydrogen-bond acceptors (Lipinski definition) is 2. The third-order valence-electron chi connectivity index (χ3n) is 4.79. The molecule has 0 aliphatic carbocycles. The van der Waals surface area contributed by atoms with E-state index in [2.05, 4.69) is 59.3 Å². The first-order chi connectivity index (χ1) is 10.3. The average Bonchev–Trinajstić information content (AvgIpc) is 2.90. The lowest BCUT2D eigenvalue weighted by atomic mass is 10.0. The van der Waals surface area contributed by atoms with E-state index in [9.17, 15) is 0 Å². The second-order valence-electron chi connectivity index (χ2n) is 6.21. The SMILES string of the molecule is C/C=C/[C@H]1C[C@H]2CC[C@H](CCc3ccccc3)[N+]2=C(N)N1. The van der Waals surface area contributed by atoms with Crippen LogP contribution in [0.5, 0.6) is 0 Å². The van der Waals surface area contributed by atoms with Crippen molar-refractivity contribution in [2.24, 2.45) is 5.73 Å². The Morgan fingerprint density at radius 1 is 1.29 bits per heavy atom. The van der Waals surface area contributed by atoms with Gasteiger partial charge in [0, 0.05) is 6.42 Å². The van der Waals surface area contributed by atoms with Crippen molar-refractivity contribution in [3.05, 3.63) is 48.0 Å². The second kappa shape index (κ2) is 6.33. The summed E-state index contributed by atoms with van der Waals surface area (Å²) in [6.45, 7) is 2.07. The first-order valence-corrected chi connectivity index (χ1v) is 8.12. The number of nitrogens with zero attached hydrogens (tertiary/aromatic N) is 1. The van der Waals surface area contributed by atoms with Gasteiger partial charge in [-0.15, -0.1) is 0 Å². The normalized spacial score (nSPS) is 28.7. The van der Waals surface area contributed by atoms with Crippen LogP contribution in [0.25, 0.3) is 0 Å². The van der Waals surface area contributed by atoms with Gasteiger partial charge >= 0.3 is 5.96 Å². The molecule has 2 heterocycles. The lowest BCUT2D eigenvalue weighted by molar-refractivity contribution is -0.587. The van der Waals surface area contributed by atoms with Crippen molar-refractivity contribution in [3.63, 3.8) is 0 Å². The molecule has 1 fully saturated rings. The van der Waals surface area contributed by atoms with Crippen molar-refractivity contribution in [1.82, 2.24) is 5.32 Å². The summed E-state index contributed by atoms with van der Waals surface area (Å²) < 4.78 is 2.45. The third-order valence-corrected chi connectivity index (χ3v) is 4.79. The summed E-state index contributed by atoms with van der Waals surface area (Å²) in [4.78, 5) is 0. The number of nitrogens with two attached hydrogens (primary N) is 1. The first kappa shape index (κ1) is 14.2. The molecule has 0 amide bonds. The smallest absolute Gasteiger partial charge is 0.291 e. The molecule has 1 aromatic rings. The maximum absolute atomic E-state index is 6.30. The summed E-state index contributed by atoms with van der Waals surface area (Å²) in [5.41, 5.74) is 7.72. The molecule has 21 heavy (non-hydrogen) atoms. The summed E-state index contributed by atoms with van der Waals surface area (Å²) in [7, 11) is 0. The maximum atomic E-state index is 6.30. The number of rotatable bonds is 4. The number of allylic oxidation sites excluding steroid dienone is 1. The molecule has 0 spiro atoms. The first-order valence-electron chi connectivity index (χ1n) is 8.12. The van der Waals surface area contributed by atoms with E-state index in [0.29, 0.717) is 18.1 Å². The Kier molecular flexibility index (Phi) is 4.28. The number of guanidine groups is 1. The van der Waals surface area contributed by atoms with Crippen LogP contribution in [0.2, 0.25) is 0 Å². The van der Waals surface area contributed by atoms with Crippen LogP contribution in [0.15, 0.2) is 42.5 Å². The molecule has 0 aromatic heterocycles. The number of benzene rings is 1. The molecular weight excluding hydrogens is 258 g/mol. The van der Waals surface area contributed by atoms with Gasteiger partial charge in [-0.2, -0.15) is 0 Å². The number of aryl methyl sites for hydroxylation is 1. The van der Waals surface area contributed by atoms with E-state index in [4.69, 9.17) is 5.73 Å². The van der Waals surface area contributed by atoms with E-state index >= 15 is 0 Å². The molecular formula is C18H26N3+. The summed E-state index contributed by atoms with van der Waals surface area (Å²) in [6, 6.07) is 12.4. The van der Waals surface area contributed by atoms with Gasteiger partial charge in [-0.25, -0.2) is 0 Å². The second-order valence-corrected chi connectivity index (χ2v) is 6.21. The molecule has 3 heteroatoms. The lowest BCUT2D eigenvalue weighted by Crippen LogP contribution is -2.54. The molecule has 112 valence electrons. The van der Waals surface area contributed by atoms with Crippen LogP contribution >= 0.6 is 0 Å². The Morgan fingerprint density at radius 2 is 2.10 bits per heavy atom. The zero-order valence-electron chi connectivity index (χ0n) is 12.8. The van der Waals surface area contributed by atoms with E-state index in [-0.39, 0.29) is 0 Å². The van der Waals surface area contributed by atoms with E-state index in [1.165, 1.54) is 31.2 Å². The molecule has 0 radical (unpaired) electrons. The molecule has 0 unspecified atom stereocenters. The van der Waals surface area contributed by atoms with Gasteiger partial charge in [-0.3, -0.25) is 15.6 Å². The van der Waals surface area contributed by atoms with Crippen LogP contribution in [0.1, 0.15) is 38.2 Å². The Bertz CT molecular complexity index is 533. The van der Waals surface area contributed by atoms with Crippen LogP contribution in [0.4, 0.5) is 0 Å². The lowest BCUT2D eigenvalue weighted by Gasteiger charge is -2.27. The topological polar surface area (TPSA) is 41.1 Å². The van der Waals surface area contributed by atoms with Gasteiger partial charge in [0.05, 0.1) is 18.1 Å². The third kappa shape index (κ3) is 3.12. The maximum Gasteiger partial charge on any atom is 0.344 e. The Labute approximate surface area is 127 Å². The Balaban J connectivity index is 1.67. The molecule has 0 bridgehead atoms. The van der Waals surface area contributed by atoms with Gasteiger partial charge in [0.2, 0.25) is 0 Å². The van der Waals surface area contributed by atoms with E-state index in [0.717, 1.165) is 12.4 Å². The van der Waals surface area contributed by atoms with Gasteiger partial charge in [0.15, 0.2) is 0 Å². The van der Waals surface area contributed by atoms with Gasteiger partial charge in [0.25, 0.3) is 0 Å². The van der Waals surface area contributed by atoms with E-state index < -0.39 is 0 Å². The van der Waals surface area contributed by atoms with Crippen molar-refractivity contribution < 1.29 is 4.58 Å². The van der Waals surface area contributed by atoms with Gasteiger partial charge in [-0.1, -0.05) is 42.5 Å². The molecule has 0 saturated carbocycles. The molecule has 3 atom stereocenters. The highest BCUT2D eigenvalue weighted by atomic mass is 15.3. The van der Waals surface area contributed by atoms with Crippen molar-refractivity contribution in [2.45, 2.75) is 57.2 Å². The van der Waals surface area contributed by atoms with Crippen molar-refractivity contribution in [3.8, 4) is 0 Å². The molecule has 3 N–H and O–H groups in total. The minimum absolute atomic E-state index is 0.407. The minimum Gasteiger partial charge on any atom is -0.291 e. The van der Waals surface area contributed by atoms with E-state index in [1.54, 1.807) is 0 Å². The largest absolute Gasteiger partial charge is 0.344 e. The molecule has 3 nitrogen and oxygen atoms in total. The fourth-order valence-corrected chi connectivity index (χ4v) is 3.82. The fourth-order valence-electron chi connectivity index (χ4n) is 3.82. The van der Waals surface area contributed by atoms with Crippen LogP contribution in [0, 0.1) is 0 Å². The summed E-state index contributed by atoms with van der Waals surface area (Å²) >= 11 is 0. The van der Waals surface area contributed by atoms with Crippen LogP contribution in [-0.2, 0) is 6.42 Å². The van der Waals surface area contributed by atoms with Crippen LogP contribution < -0.4 is 11.1 Å². The molecule has 2 aliphatic heterocycles. The van der Waals surface area contributed by atoms with Crippen LogP contribution in [-0.4, -0.2) is 28.7 Å². The number of nitrogens with one attached hydrogen (secondary N) is 1. The van der Waals surface area contributed by atoms with Crippen molar-refractivity contribution in [2.75, 3.05) is 0 Å². The summed E-state index contributed by atoms with van der Waals surface area (Å²) in [6.07, 6.45) is 10.4. The zero-order chi connectivity index (χ0) is 14.7. The molecule has 3 rings (SSSR count). The highest BCUT2D eigenvalue weighted by Crippen LogP contribution is 2.28. The Morgan fingerprint density at radius 3 is 2.86 bits per heavy atom. The molecule has 1 saturated heterocycles. The summed E-state index contributed by atoms with van der Waals surface area (Å²) in [5, 5.41) is 3.45. The molecule has 1 aromatic carbocycles. The van der Waals surface area contributed by atoms with Gasteiger partial charge in [-0.05, 0) is 38.2 Å². The quantitative estimate of drug-likeness (QED) is 0.658. The predicted molar refractivity (Wildman–Crippen MR) is 87.4 cm³/mol. The Hall–Kier alpha value is -1.77. The zero-order valence-corrected chi connectivity index (χ0v) is 12.8. The van der Waals surface area contributed by atoms with Gasteiger partial charge < -0.3 is 0 Å². The van der Waals surface area contributed by atoms with E-state index in [1.807, 2.05) is 0 Å². The number of fused-ring (bicyclic) bond motifs is 1. The highest BCUT2D eigenvalue weighted by molar-refractivity contribution is 5.74. The minimum atomic E-state index is 0.407. The predicted octanol–water partition coefficient (Wildman–Crippen LogP) is 2.42. The average molecular weight is 284 g/mol. The fraction of sp³-hybridized carbons (Fsp3) is 0.500. The van der Waals surface area contributed by atoms with Crippen molar-refractivity contribution in [1.29, 1.82) is 0 Å². The van der Waals surface area contributed by atoms with Crippen molar-refractivity contribution >= 4 is 5.96 Å². The summed E-state index contributed by atoms with van der Waals surface area (Å²) in [5.74, 6) is 0.880. The van der Waals surface area contributed by atoms with Crippen LogP contribution in [0.3, 0.4) is 0 Å². The number of hydrogen-bond donors (Lipinski definition) is 2. The standard InChI is InChI=1S/C18H25N3/c1-2-6-15-13-17-12-11-16(21(17)18(19)20-15)10-9-14-7-4-3-5-8-14/h2-8,15-17H,9-13H2,1H3,(H2,19,20)/p+1/b6-2+/t15-,16-,17+/m0/s1. The van der Waals surface area contributed by atoms with Gasteiger partial charge in [0.1, 0.15) is 0 Å². The monoisotopic (exact) mass is 284 g/mol.